The first-order chi connectivity index (χ1) is 18.9. The maximum Gasteiger partial charge on any atom is 0.278 e. The third-order valence-corrected chi connectivity index (χ3v) is 7.29. The van der Waals surface area contributed by atoms with Crippen LogP contribution in [0.1, 0.15) is 66.2 Å². The summed E-state index contributed by atoms with van der Waals surface area (Å²) in [5, 5.41) is 8.46. The van der Waals surface area contributed by atoms with Gasteiger partial charge in [0.25, 0.3) is 5.91 Å². The predicted octanol–water partition coefficient (Wildman–Crippen LogP) is 4.59. The average Bonchev–Trinajstić information content (AvgIpc) is 3.53. The van der Waals surface area contributed by atoms with E-state index in [0.717, 1.165) is 58.8 Å². The molecular formula is C29H31N9O. The molecule has 1 atom stereocenters. The van der Waals surface area contributed by atoms with Crippen molar-refractivity contribution in [2.75, 3.05) is 5.32 Å². The number of rotatable bonds is 6. The standard InChI is InChI=1S/C29H31N9O/c1-5-37-27(20-14-30-18(4)31-15-20)35-25-26(32-16-33-28(25)37)34-21-11-12-23-22(13-21)24(17(2)3)36-38(23)29(39)19-9-7-6-8-10-19/h6-10,14-17,21H,5,11-13H2,1-4H3,(H,32,33,34)/t21-/m1/s1. The van der Waals surface area contributed by atoms with Crippen molar-refractivity contribution < 1.29 is 4.79 Å². The van der Waals surface area contributed by atoms with E-state index >= 15 is 0 Å². The lowest BCUT2D eigenvalue weighted by molar-refractivity contribution is 0.0940. The summed E-state index contributed by atoms with van der Waals surface area (Å²) >= 11 is 0. The van der Waals surface area contributed by atoms with Crippen LogP contribution in [-0.2, 0) is 19.4 Å². The van der Waals surface area contributed by atoms with Gasteiger partial charge in [-0.15, -0.1) is 0 Å². The first kappa shape index (κ1) is 24.8. The third-order valence-electron chi connectivity index (χ3n) is 7.29. The Morgan fingerprint density at radius 2 is 1.87 bits per heavy atom. The monoisotopic (exact) mass is 521 g/mol. The van der Waals surface area contributed by atoms with Gasteiger partial charge in [0.2, 0.25) is 0 Å². The number of nitrogens with one attached hydrogen (secondary N) is 1. The molecule has 198 valence electrons. The number of aromatic nitrogens is 8. The maximum atomic E-state index is 13.3. The molecule has 1 aliphatic rings. The second kappa shape index (κ2) is 10.0. The van der Waals surface area contributed by atoms with Gasteiger partial charge >= 0.3 is 0 Å². The summed E-state index contributed by atoms with van der Waals surface area (Å²) < 4.78 is 3.68. The topological polar surface area (TPSA) is 116 Å². The highest BCUT2D eigenvalue weighted by molar-refractivity contribution is 5.96. The Kier molecular flexibility index (Phi) is 6.38. The van der Waals surface area contributed by atoms with Crippen LogP contribution in [0.25, 0.3) is 22.6 Å². The lowest BCUT2D eigenvalue weighted by atomic mass is 9.89. The van der Waals surface area contributed by atoms with Gasteiger partial charge in [-0.2, -0.15) is 5.10 Å². The molecule has 10 heteroatoms. The van der Waals surface area contributed by atoms with Crippen molar-refractivity contribution in [3.63, 3.8) is 0 Å². The van der Waals surface area contributed by atoms with Crippen LogP contribution < -0.4 is 5.32 Å². The molecule has 39 heavy (non-hydrogen) atoms. The van der Waals surface area contributed by atoms with E-state index in [4.69, 9.17) is 10.1 Å². The SMILES string of the molecule is CCn1c(-c2cnc(C)nc2)nc2c(N[C@@H]3CCc4c(c(C(C)C)nn4C(=O)c4ccccc4)C3)ncnc21. The van der Waals surface area contributed by atoms with Gasteiger partial charge in [0.15, 0.2) is 17.0 Å². The van der Waals surface area contributed by atoms with E-state index in [2.05, 4.69) is 50.6 Å². The summed E-state index contributed by atoms with van der Waals surface area (Å²) in [6, 6.07) is 9.47. The van der Waals surface area contributed by atoms with E-state index in [1.165, 1.54) is 0 Å². The number of hydrogen-bond donors (Lipinski definition) is 1. The number of fused-ring (bicyclic) bond motifs is 2. The van der Waals surface area contributed by atoms with Gasteiger partial charge < -0.3 is 9.88 Å². The minimum absolute atomic E-state index is 0.0830. The molecule has 0 amide bonds. The van der Waals surface area contributed by atoms with Crippen molar-refractivity contribution in [2.24, 2.45) is 0 Å². The molecule has 1 aromatic carbocycles. The first-order valence-corrected chi connectivity index (χ1v) is 13.4. The molecule has 0 spiro atoms. The number of nitrogens with zero attached hydrogens (tertiary/aromatic N) is 8. The van der Waals surface area contributed by atoms with Gasteiger partial charge in [0.05, 0.1) is 17.0 Å². The Balaban J connectivity index is 1.33. The average molecular weight is 522 g/mol. The van der Waals surface area contributed by atoms with Crippen LogP contribution in [0.15, 0.2) is 49.1 Å². The van der Waals surface area contributed by atoms with Gasteiger partial charge in [-0.3, -0.25) is 4.79 Å². The highest BCUT2D eigenvalue weighted by Gasteiger charge is 2.30. The molecule has 0 saturated carbocycles. The van der Waals surface area contributed by atoms with Gasteiger partial charge in [-0.05, 0) is 56.7 Å². The number of carbonyl (C=O) groups excluding carboxylic acids is 1. The van der Waals surface area contributed by atoms with E-state index in [9.17, 15) is 4.79 Å². The van der Waals surface area contributed by atoms with Gasteiger partial charge in [-0.1, -0.05) is 32.0 Å². The highest BCUT2D eigenvalue weighted by Crippen LogP contribution is 2.32. The van der Waals surface area contributed by atoms with Gasteiger partial charge in [0, 0.05) is 30.5 Å². The summed E-state index contributed by atoms with van der Waals surface area (Å²) in [5.74, 6) is 2.30. The fourth-order valence-corrected chi connectivity index (χ4v) is 5.36. The van der Waals surface area contributed by atoms with Crippen molar-refractivity contribution in [3.8, 4) is 11.4 Å². The van der Waals surface area contributed by atoms with E-state index in [-0.39, 0.29) is 17.9 Å². The summed E-state index contributed by atoms with van der Waals surface area (Å²) in [6.45, 7) is 8.88. The molecule has 4 heterocycles. The second-order valence-electron chi connectivity index (χ2n) is 10.2. The lowest BCUT2D eigenvalue weighted by Gasteiger charge is -2.25. The number of anilines is 1. The molecule has 4 aromatic heterocycles. The minimum atomic E-state index is -0.0830. The molecule has 0 saturated heterocycles. The van der Waals surface area contributed by atoms with E-state index in [1.54, 1.807) is 23.4 Å². The van der Waals surface area contributed by atoms with Crippen LogP contribution in [0.4, 0.5) is 5.82 Å². The quantitative estimate of drug-likeness (QED) is 0.345. The smallest absolute Gasteiger partial charge is 0.278 e. The second-order valence-corrected chi connectivity index (χ2v) is 10.2. The molecule has 0 bridgehead atoms. The Labute approximate surface area is 226 Å². The van der Waals surface area contributed by atoms with Crippen LogP contribution in [0, 0.1) is 6.92 Å². The fourth-order valence-electron chi connectivity index (χ4n) is 5.36. The molecule has 0 radical (unpaired) electrons. The van der Waals surface area contributed by atoms with E-state index in [0.29, 0.717) is 23.8 Å². The maximum absolute atomic E-state index is 13.3. The predicted molar refractivity (Wildman–Crippen MR) is 149 cm³/mol. The highest BCUT2D eigenvalue weighted by atomic mass is 16.2. The van der Waals surface area contributed by atoms with Crippen LogP contribution in [0.3, 0.4) is 0 Å². The van der Waals surface area contributed by atoms with Crippen LogP contribution >= 0.6 is 0 Å². The van der Waals surface area contributed by atoms with Crippen molar-refractivity contribution in [3.05, 3.63) is 77.4 Å². The van der Waals surface area contributed by atoms with Gasteiger partial charge in [0.1, 0.15) is 18.0 Å². The number of imidazole rings is 1. The van der Waals surface area contributed by atoms with Crippen molar-refractivity contribution >= 4 is 22.9 Å². The zero-order valence-corrected chi connectivity index (χ0v) is 22.6. The molecule has 6 rings (SSSR count). The molecule has 10 nitrogen and oxygen atoms in total. The zero-order chi connectivity index (χ0) is 27.1. The van der Waals surface area contributed by atoms with Gasteiger partial charge in [-0.25, -0.2) is 29.6 Å². The molecule has 5 aromatic rings. The minimum Gasteiger partial charge on any atom is -0.365 e. The summed E-state index contributed by atoms with van der Waals surface area (Å²) in [6.07, 6.45) is 7.51. The van der Waals surface area contributed by atoms with Crippen molar-refractivity contribution in [1.29, 1.82) is 0 Å². The summed E-state index contributed by atoms with van der Waals surface area (Å²) in [4.78, 5) is 36.1. The fraction of sp³-hybridized carbons (Fsp3) is 0.345. The summed E-state index contributed by atoms with van der Waals surface area (Å²) in [5.41, 5.74) is 6.11. The Bertz CT molecular complexity index is 1650. The first-order valence-electron chi connectivity index (χ1n) is 13.4. The van der Waals surface area contributed by atoms with Crippen LogP contribution in [0.5, 0.6) is 0 Å². The molecule has 1 N–H and O–H groups in total. The van der Waals surface area contributed by atoms with Crippen LogP contribution in [-0.4, -0.2) is 51.2 Å². The number of aryl methyl sites for hydroxylation is 2. The summed E-state index contributed by atoms with van der Waals surface area (Å²) in [7, 11) is 0. The molecule has 1 aliphatic carbocycles. The third kappa shape index (κ3) is 4.45. The molecule has 0 unspecified atom stereocenters. The van der Waals surface area contributed by atoms with E-state index in [1.807, 2.05) is 37.3 Å². The van der Waals surface area contributed by atoms with Crippen molar-refractivity contribution in [1.82, 2.24) is 39.3 Å². The largest absolute Gasteiger partial charge is 0.365 e. The molecular weight excluding hydrogens is 490 g/mol. The molecule has 0 fully saturated rings. The lowest BCUT2D eigenvalue weighted by Crippen LogP contribution is -2.29. The zero-order valence-electron chi connectivity index (χ0n) is 22.6. The molecule has 0 aliphatic heterocycles. The Morgan fingerprint density at radius 3 is 2.59 bits per heavy atom. The Hall–Kier alpha value is -4.47. The van der Waals surface area contributed by atoms with E-state index < -0.39 is 0 Å². The normalized spacial score (nSPS) is 15.1. The number of hydrogen-bond acceptors (Lipinski definition) is 8. The number of carbonyl (C=O) groups is 1. The number of benzene rings is 1. The Morgan fingerprint density at radius 1 is 1.10 bits per heavy atom. The van der Waals surface area contributed by atoms with Crippen molar-refractivity contribution in [2.45, 2.75) is 65.5 Å². The van der Waals surface area contributed by atoms with Crippen LogP contribution in [0.2, 0.25) is 0 Å².